The summed E-state index contributed by atoms with van der Waals surface area (Å²) in [5, 5.41) is 22.8. The van der Waals surface area contributed by atoms with Gasteiger partial charge >= 0.3 is 5.97 Å². The first-order valence-corrected chi connectivity index (χ1v) is 9.08. The summed E-state index contributed by atoms with van der Waals surface area (Å²) in [7, 11) is 0. The minimum absolute atomic E-state index is 0.0755. The zero-order valence-corrected chi connectivity index (χ0v) is 16.9. The van der Waals surface area contributed by atoms with Crippen molar-refractivity contribution in [2.24, 2.45) is 0 Å². The zero-order chi connectivity index (χ0) is 21.7. The fraction of sp³-hybridized carbons (Fsp3) is 0.333. The first-order valence-electron chi connectivity index (χ1n) is 9.08. The average molecular weight is 400 g/mol. The summed E-state index contributed by atoms with van der Waals surface area (Å²) in [6.07, 6.45) is 0. The number of carbonyl (C=O) groups is 2. The van der Waals surface area contributed by atoms with Crippen molar-refractivity contribution in [3.05, 3.63) is 67.8 Å². The van der Waals surface area contributed by atoms with Gasteiger partial charge in [-0.15, -0.1) is 0 Å². The van der Waals surface area contributed by atoms with Gasteiger partial charge in [-0.05, 0) is 62.1 Å². The third-order valence-corrected chi connectivity index (χ3v) is 4.98. The predicted molar refractivity (Wildman–Crippen MR) is 109 cm³/mol. The monoisotopic (exact) mass is 400 g/mol. The SMILES string of the molecule is Cc1cc(C(=O)COC(=O)c2cc([N+](=O)[O-])ccc2NCCO)c(C)c(C)c1C. The number of carbonyl (C=O) groups excluding carboxylic acids is 2. The minimum Gasteiger partial charge on any atom is -0.454 e. The third-order valence-electron chi connectivity index (χ3n) is 4.98. The van der Waals surface area contributed by atoms with Crippen molar-refractivity contribution in [3.8, 4) is 0 Å². The van der Waals surface area contributed by atoms with Gasteiger partial charge in [0.1, 0.15) is 0 Å². The molecule has 0 amide bonds. The number of benzene rings is 2. The molecule has 0 heterocycles. The van der Waals surface area contributed by atoms with Crippen LogP contribution in [0.1, 0.15) is 43.0 Å². The Morgan fingerprint density at radius 1 is 1.07 bits per heavy atom. The molecule has 0 aliphatic heterocycles. The number of anilines is 1. The van der Waals surface area contributed by atoms with E-state index in [2.05, 4.69) is 5.32 Å². The number of nitro benzene ring substituents is 1. The molecule has 0 unspecified atom stereocenters. The number of Topliss-reactive ketones (excluding diaryl/α,β-unsaturated/α-hetero) is 1. The van der Waals surface area contributed by atoms with E-state index in [1.807, 2.05) is 27.7 Å². The van der Waals surface area contributed by atoms with Crippen LogP contribution in [0.2, 0.25) is 0 Å². The second-order valence-corrected chi connectivity index (χ2v) is 6.75. The molecule has 8 nitrogen and oxygen atoms in total. The molecule has 2 aromatic carbocycles. The lowest BCUT2D eigenvalue weighted by Gasteiger charge is -2.14. The van der Waals surface area contributed by atoms with Gasteiger partial charge in [0, 0.05) is 29.9 Å². The number of nitrogens with zero attached hydrogens (tertiary/aromatic N) is 1. The number of ketones is 1. The standard InChI is InChI=1S/C21H24N2O6/c1-12-9-17(15(4)14(3)13(12)2)20(25)11-29-21(26)18-10-16(23(27)28)5-6-19(18)22-7-8-24/h5-6,9-10,22,24H,7-8,11H2,1-4H3. The van der Waals surface area contributed by atoms with Crippen LogP contribution in [-0.2, 0) is 4.74 Å². The van der Waals surface area contributed by atoms with Gasteiger partial charge in [-0.1, -0.05) is 0 Å². The number of aliphatic hydroxyl groups excluding tert-OH is 1. The van der Waals surface area contributed by atoms with Crippen molar-refractivity contribution in [2.75, 3.05) is 25.1 Å². The molecule has 0 saturated carbocycles. The summed E-state index contributed by atoms with van der Waals surface area (Å²) in [6, 6.07) is 5.46. The number of nitrogens with one attached hydrogen (secondary N) is 1. The molecule has 0 saturated heterocycles. The molecule has 154 valence electrons. The number of aryl methyl sites for hydroxylation is 1. The quantitative estimate of drug-likeness (QED) is 0.302. The molecule has 0 aromatic heterocycles. The van der Waals surface area contributed by atoms with Crippen LogP contribution in [0.25, 0.3) is 0 Å². The van der Waals surface area contributed by atoms with Crippen LogP contribution in [0.3, 0.4) is 0 Å². The smallest absolute Gasteiger partial charge is 0.340 e. The molecule has 2 rings (SSSR count). The number of nitro groups is 1. The van der Waals surface area contributed by atoms with Crippen molar-refractivity contribution in [3.63, 3.8) is 0 Å². The maximum absolute atomic E-state index is 12.6. The van der Waals surface area contributed by atoms with Gasteiger partial charge in [0.15, 0.2) is 6.61 Å². The van der Waals surface area contributed by atoms with Crippen molar-refractivity contribution in [1.29, 1.82) is 0 Å². The molecule has 0 radical (unpaired) electrons. The highest BCUT2D eigenvalue weighted by Gasteiger charge is 2.20. The number of ether oxygens (including phenoxy) is 1. The van der Waals surface area contributed by atoms with E-state index in [1.54, 1.807) is 6.07 Å². The molecule has 2 N–H and O–H groups in total. The van der Waals surface area contributed by atoms with Gasteiger partial charge < -0.3 is 15.2 Å². The van der Waals surface area contributed by atoms with Crippen LogP contribution in [0.5, 0.6) is 0 Å². The van der Waals surface area contributed by atoms with E-state index in [0.717, 1.165) is 28.3 Å². The van der Waals surface area contributed by atoms with Crippen LogP contribution >= 0.6 is 0 Å². The first-order chi connectivity index (χ1) is 13.7. The Labute approximate surface area is 168 Å². The molecule has 8 heteroatoms. The van der Waals surface area contributed by atoms with Crippen molar-refractivity contribution >= 4 is 23.1 Å². The average Bonchev–Trinajstić information content (AvgIpc) is 2.70. The van der Waals surface area contributed by atoms with E-state index < -0.39 is 17.5 Å². The Morgan fingerprint density at radius 3 is 2.38 bits per heavy atom. The highest BCUT2D eigenvalue weighted by Crippen LogP contribution is 2.24. The third kappa shape index (κ3) is 4.97. The molecule has 0 atom stereocenters. The summed E-state index contributed by atoms with van der Waals surface area (Å²) in [5.74, 6) is -1.21. The zero-order valence-electron chi connectivity index (χ0n) is 16.9. The Kier molecular flexibility index (Phi) is 7.06. The highest BCUT2D eigenvalue weighted by molar-refractivity contribution is 6.02. The van der Waals surface area contributed by atoms with Crippen molar-refractivity contribution in [2.45, 2.75) is 27.7 Å². The number of non-ortho nitro benzene ring substituents is 1. The maximum atomic E-state index is 12.6. The second-order valence-electron chi connectivity index (χ2n) is 6.75. The van der Waals surface area contributed by atoms with E-state index in [0.29, 0.717) is 5.56 Å². The summed E-state index contributed by atoms with van der Waals surface area (Å²) < 4.78 is 5.15. The number of hydrogen-bond donors (Lipinski definition) is 2. The second kappa shape index (κ2) is 9.29. The minimum atomic E-state index is -0.860. The van der Waals surface area contributed by atoms with Crippen LogP contribution in [0, 0.1) is 37.8 Å². The predicted octanol–water partition coefficient (Wildman–Crippen LogP) is 3.27. The van der Waals surface area contributed by atoms with Gasteiger partial charge in [-0.2, -0.15) is 0 Å². The van der Waals surface area contributed by atoms with Crippen LogP contribution in [0.4, 0.5) is 11.4 Å². The maximum Gasteiger partial charge on any atom is 0.340 e. The van der Waals surface area contributed by atoms with Crippen molar-refractivity contribution < 1.29 is 24.4 Å². The van der Waals surface area contributed by atoms with Crippen molar-refractivity contribution in [1.82, 2.24) is 0 Å². The number of esters is 1. The van der Waals surface area contributed by atoms with Crippen LogP contribution in [-0.4, -0.2) is 41.5 Å². The normalized spacial score (nSPS) is 10.5. The fourth-order valence-electron chi connectivity index (χ4n) is 2.95. The molecule has 0 spiro atoms. The van der Waals surface area contributed by atoms with Gasteiger partial charge in [0.25, 0.3) is 5.69 Å². The number of rotatable bonds is 8. The molecule has 2 aromatic rings. The fourth-order valence-corrected chi connectivity index (χ4v) is 2.95. The molecule has 0 aliphatic rings. The topological polar surface area (TPSA) is 119 Å². The molecule has 0 aliphatic carbocycles. The Balaban J connectivity index is 2.23. The lowest BCUT2D eigenvalue weighted by Crippen LogP contribution is -2.18. The number of aliphatic hydroxyl groups is 1. The highest BCUT2D eigenvalue weighted by atomic mass is 16.6. The summed E-state index contributed by atoms with van der Waals surface area (Å²) in [5.41, 5.74) is 4.32. The van der Waals surface area contributed by atoms with Gasteiger partial charge in [0.05, 0.1) is 17.1 Å². The summed E-state index contributed by atoms with van der Waals surface area (Å²) >= 11 is 0. The molecule has 29 heavy (non-hydrogen) atoms. The van der Waals surface area contributed by atoms with Gasteiger partial charge in [0.2, 0.25) is 5.78 Å². The van der Waals surface area contributed by atoms with E-state index in [9.17, 15) is 19.7 Å². The number of hydrogen-bond acceptors (Lipinski definition) is 7. The van der Waals surface area contributed by atoms with Gasteiger partial charge in [-0.25, -0.2) is 4.79 Å². The molecule has 0 bridgehead atoms. The Bertz CT molecular complexity index is 968. The largest absolute Gasteiger partial charge is 0.454 e. The lowest BCUT2D eigenvalue weighted by atomic mass is 9.93. The van der Waals surface area contributed by atoms with Crippen LogP contribution < -0.4 is 5.32 Å². The van der Waals surface area contributed by atoms with E-state index in [4.69, 9.17) is 9.84 Å². The summed E-state index contributed by atoms with van der Waals surface area (Å²) in [6.45, 7) is 7.15. The van der Waals surface area contributed by atoms with Crippen LogP contribution in [0.15, 0.2) is 24.3 Å². The molecular formula is C21H24N2O6. The van der Waals surface area contributed by atoms with E-state index in [-0.39, 0.29) is 35.9 Å². The molecule has 0 fully saturated rings. The Hall–Kier alpha value is -3.26. The van der Waals surface area contributed by atoms with E-state index in [1.165, 1.54) is 12.1 Å². The van der Waals surface area contributed by atoms with E-state index >= 15 is 0 Å². The summed E-state index contributed by atoms with van der Waals surface area (Å²) in [4.78, 5) is 35.5. The van der Waals surface area contributed by atoms with Gasteiger partial charge in [-0.3, -0.25) is 14.9 Å². The molecular weight excluding hydrogens is 376 g/mol. The lowest BCUT2D eigenvalue weighted by molar-refractivity contribution is -0.384. The Morgan fingerprint density at radius 2 is 1.76 bits per heavy atom. The first kappa shape index (κ1) is 22.0.